The van der Waals surface area contributed by atoms with Crippen molar-refractivity contribution in [3.63, 3.8) is 0 Å². The van der Waals surface area contributed by atoms with Crippen molar-refractivity contribution in [1.82, 2.24) is 4.90 Å². The van der Waals surface area contributed by atoms with Crippen LogP contribution in [0.25, 0.3) is 0 Å². The minimum absolute atomic E-state index is 0.101. The third-order valence-electron chi connectivity index (χ3n) is 2.74. The number of nitrogens with zero attached hydrogens (tertiary/aromatic N) is 1. The zero-order valence-electron chi connectivity index (χ0n) is 8.54. The number of Topliss-reactive ketones (excluding diaryl/α,β-unsaturated/α-hetero) is 1. The van der Waals surface area contributed by atoms with E-state index in [1.165, 1.54) is 0 Å². The zero-order valence-corrected chi connectivity index (χ0v) is 8.54. The van der Waals surface area contributed by atoms with E-state index in [0.717, 1.165) is 13.0 Å². The summed E-state index contributed by atoms with van der Waals surface area (Å²) in [6.07, 6.45) is 1.45. The summed E-state index contributed by atoms with van der Waals surface area (Å²) < 4.78 is 0. The van der Waals surface area contributed by atoms with Crippen LogP contribution in [0.1, 0.15) is 33.6 Å². The number of carbonyl (C=O) groups excluding carboxylic acids is 2. The summed E-state index contributed by atoms with van der Waals surface area (Å²) in [4.78, 5) is 24.5. The Morgan fingerprint density at radius 1 is 1.46 bits per heavy atom. The largest absolute Gasteiger partial charge is 0.332 e. The molecule has 1 heterocycles. The molecule has 1 saturated heterocycles. The molecule has 13 heavy (non-hydrogen) atoms. The first-order valence-corrected chi connectivity index (χ1v) is 4.87. The van der Waals surface area contributed by atoms with E-state index in [9.17, 15) is 9.59 Å². The molecule has 0 radical (unpaired) electrons. The summed E-state index contributed by atoms with van der Waals surface area (Å²) in [6, 6.07) is -0.160. The number of rotatable bonds is 2. The van der Waals surface area contributed by atoms with E-state index in [4.69, 9.17) is 0 Å². The van der Waals surface area contributed by atoms with Gasteiger partial charge in [0.25, 0.3) is 0 Å². The first-order valence-electron chi connectivity index (χ1n) is 4.87. The van der Waals surface area contributed by atoms with Crippen LogP contribution in [0.2, 0.25) is 0 Å². The van der Waals surface area contributed by atoms with Crippen LogP contribution < -0.4 is 0 Å². The van der Waals surface area contributed by atoms with Gasteiger partial charge in [-0.05, 0) is 19.3 Å². The highest BCUT2D eigenvalue weighted by Crippen LogP contribution is 2.24. The van der Waals surface area contributed by atoms with Crippen molar-refractivity contribution in [1.29, 1.82) is 0 Å². The molecule has 3 nitrogen and oxygen atoms in total. The van der Waals surface area contributed by atoms with Crippen molar-refractivity contribution < 1.29 is 9.59 Å². The molecule has 2 atom stereocenters. The highest BCUT2D eigenvalue weighted by atomic mass is 16.2. The van der Waals surface area contributed by atoms with Crippen LogP contribution >= 0.6 is 0 Å². The maximum atomic E-state index is 11.4. The van der Waals surface area contributed by atoms with E-state index in [1.54, 1.807) is 11.8 Å². The van der Waals surface area contributed by atoms with E-state index >= 15 is 0 Å². The Bertz CT molecular complexity index is 225. The first kappa shape index (κ1) is 10.2. The number of ketones is 1. The second-order valence-corrected chi connectivity index (χ2v) is 3.76. The van der Waals surface area contributed by atoms with Crippen LogP contribution in [-0.4, -0.2) is 29.2 Å². The lowest BCUT2D eigenvalue weighted by atomic mass is 10.00. The van der Waals surface area contributed by atoms with E-state index in [-0.39, 0.29) is 17.7 Å². The van der Waals surface area contributed by atoms with E-state index in [0.29, 0.717) is 12.3 Å². The smallest absolute Gasteiger partial charge is 0.222 e. The monoisotopic (exact) mass is 183 g/mol. The molecule has 3 heteroatoms. The van der Waals surface area contributed by atoms with Gasteiger partial charge in [-0.2, -0.15) is 0 Å². The molecular weight excluding hydrogens is 166 g/mol. The van der Waals surface area contributed by atoms with Gasteiger partial charge in [0.2, 0.25) is 5.91 Å². The predicted molar refractivity (Wildman–Crippen MR) is 50.3 cm³/mol. The summed E-state index contributed by atoms with van der Waals surface area (Å²) >= 11 is 0. The minimum atomic E-state index is -0.160. The standard InChI is InChI=1S/C10H17NO2/c1-4-9(13)11-6-5-7(2)10(11)8(3)12/h7,10H,4-6H2,1-3H3/t7-,10?/m0/s1. The van der Waals surface area contributed by atoms with Crippen LogP contribution in [0.3, 0.4) is 0 Å². The molecule has 1 aliphatic heterocycles. The Labute approximate surface area is 79.1 Å². The van der Waals surface area contributed by atoms with Crippen molar-refractivity contribution >= 4 is 11.7 Å². The molecule has 0 spiro atoms. The maximum absolute atomic E-state index is 11.4. The third-order valence-corrected chi connectivity index (χ3v) is 2.74. The number of likely N-dealkylation sites (tertiary alicyclic amines) is 1. The minimum Gasteiger partial charge on any atom is -0.332 e. The fourth-order valence-electron chi connectivity index (χ4n) is 2.05. The lowest BCUT2D eigenvalue weighted by molar-refractivity contribution is -0.137. The Morgan fingerprint density at radius 2 is 2.08 bits per heavy atom. The van der Waals surface area contributed by atoms with Gasteiger partial charge in [0.05, 0.1) is 6.04 Å². The quantitative estimate of drug-likeness (QED) is 0.645. The number of carbonyl (C=O) groups is 2. The van der Waals surface area contributed by atoms with Crippen molar-refractivity contribution in [3.05, 3.63) is 0 Å². The van der Waals surface area contributed by atoms with Gasteiger partial charge in [0.1, 0.15) is 0 Å². The van der Waals surface area contributed by atoms with E-state index in [1.807, 2.05) is 13.8 Å². The zero-order chi connectivity index (χ0) is 10.0. The highest BCUT2D eigenvalue weighted by Gasteiger charge is 2.36. The van der Waals surface area contributed by atoms with Crippen molar-refractivity contribution in [2.24, 2.45) is 5.92 Å². The fraction of sp³-hybridized carbons (Fsp3) is 0.800. The third kappa shape index (κ3) is 1.90. The average Bonchev–Trinajstić information content (AvgIpc) is 2.45. The van der Waals surface area contributed by atoms with Gasteiger partial charge in [-0.25, -0.2) is 0 Å². The summed E-state index contributed by atoms with van der Waals surface area (Å²) in [5, 5.41) is 0. The summed E-state index contributed by atoms with van der Waals surface area (Å²) in [7, 11) is 0. The van der Waals surface area contributed by atoms with Crippen LogP contribution in [0.15, 0.2) is 0 Å². The summed E-state index contributed by atoms with van der Waals surface area (Å²) in [5.74, 6) is 0.546. The SMILES string of the molecule is CCC(=O)N1CC[C@H](C)C1C(C)=O. The molecule has 0 N–H and O–H groups in total. The van der Waals surface area contributed by atoms with Crippen LogP contribution in [0.4, 0.5) is 0 Å². The Hall–Kier alpha value is -0.860. The molecule has 1 aliphatic rings. The molecule has 0 aromatic rings. The second-order valence-electron chi connectivity index (χ2n) is 3.76. The molecule has 1 fully saturated rings. The van der Waals surface area contributed by atoms with Crippen molar-refractivity contribution in [3.8, 4) is 0 Å². The number of hydrogen-bond donors (Lipinski definition) is 0. The lowest BCUT2D eigenvalue weighted by Crippen LogP contribution is -2.41. The number of hydrogen-bond acceptors (Lipinski definition) is 2. The molecule has 0 aromatic heterocycles. The molecular formula is C10H17NO2. The molecule has 1 rings (SSSR count). The summed E-state index contributed by atoms with van der Waals surface area (Å²) in [6.45, 7) is 6.19. The van der Waals surface area contributed by atoms with E-state index < -0.39 is 0 Å². The average molecular weight is 183 g/mol. The van der Waals surface area contributed by atoms with Crippen LogP contribution in [0, 0.1) is 5.92 Å². The van der Waals surface area contributed by atoms with Gasteiger partial charge in [0.15, 0.2) is 5.78 Å². The van der Waals surface area contributed by atoms with E-state index in [2.05, 4.69) is 0 Å². The number of amides is 1. The highest BCUT2D eigenvalue weighted by molar-refractivity contribution is 5.88. The van der Waals surface area contributed by atoms with Gasteiger partial charge in [-0.3, -0.25) is 9.59 Å². The van der Waals surface area contributed by atoms with Crippen LogP contribution in [-0.2, 0) is 9.59 Å². The maximum Gasteiger partial charge on any atom is 0.222 e. The molecule has 0 saturated carbocycles. The normalized spacial score (nSPS) is 27.8. The molecule has 1 amide bonds. The van der Waals surface area contributed by atoms with Gasteiger partial charge >= 0.3 is 0 Å². The Kier molecular flexibility index (Phi) is 3.07. The molecule has 0 aliphatic carbocycles. The predicted octanol–water partition coefficient (Wildman–Crippen LogP) is 1.22. The van der Waals surface area contributed by atoms with Gasteiger partial charge < -0.3 is 4.90 Å². The summed E-state index contributed by atoms with van der Waals surface area (Å²) in [5.41, 5.74) is 0. The van der Waals surface area contributed by atoms with Crippen molar-refractivity contribution in [2.45, 2.75) is 39.7 Å². The lowest BCUT2D eigenvalue weighted by Gasteiger charge is -2.24. The topological polar surface area (TPSA) is 37.4 Å². The van der Waals surface area contributed by atoms with Gasteiger partial charge in [-0.1, -0.05) is 13.8 Å². The molecule has 74 valence electrons. The van der Waals surface area contributed by atoms with Crippen molar-refractivity contribution in [2.75, 3.05) is 6.54 Å². The van der Waals surface area contributed by atoms with Crippen LogP contribution in [0.5, 0.6) is 0 Å². The fourth-order valence-corrected chi connectivity index (χ4v) is 2.05. The molecule has 1 unspecified atom stereocenters. The van der Waals surface area contributed by atoms with Gasteiger partial charge in [0, 0.05) is 13.0 Å². The molecule has 0 aromatic carbocycles. The first-order chi connectivity index (χ1) is 6.07. The Morgan fingerprint density at radius 3 is 2.54 bits per heavy atom. The molecule has 0 bridgehead atoms. The second kappa shape index (κ2) is 3.90. The Balaban J connectivity index is 2.75. The van der Waals surface area contributed by atoms with Gasteiger partial charge in [-0.15, -0.1) is 0 Å².